The largest absolute Gasteiger partial charge is 0.350 e. The highest BCUT2D eigenvalue weighted by Gasteiger charge is 2.11. The molecule has 0 saturated carbocycles. The molecule has 1 atom stereocenters. The van der Waals surface area contributed by atoms with Crippen molar-refractivity contribution < 1.29 is 0 Å². The SMILES string of the molecule is CCCC(NCC)c1ccn(Cc2c(C)cccc2C)c1. The van der Waals surface area contributed by atoms with Gasteiger partial charge in [-0.3, -0.25) is 0 Å². The summed E-state index contributed by atoms with van der Waals surface area (Å²) in [5.41, 5.74) is 5.60. The van der Waals surface area contributed by atoms with E-state index in [1.807, 2.05) is 0 Å². The molecule has 0 radical (unpaired) electrons. The molecule has 2 aromatic rings. The number of nitrogens with one attached hydrogen (secondary N) is 1. The van der Waals surface area contributed by atoms with Crippen LogP contribution in [-0.4, -0.2) is 11.1 Å². The minimum absolute atomic E-state index is 0.485. The van der Waals surface area contributed by atoms with Crippen LogP contribution < -0.4 is 5.32 Å². The van der Waals surface area contributed by atoms with Gasteiger partial charge in [-0.05, 0) is 55.1 Å². The number of rotatable bonds is 7. The van der Waals surface area contributed by atoms with Crippen LogP contribution in [0, 0.1) is 13.8 Å². The number of aromatic nitrogens is 1. The molecule has 1 aromatic heterocycles. The second kappa shape index (κ2) is 7.46. The molecule has 0 saturated heterocycles. The summed E-state index contributed by atoms with van der Waals surface area (Å²) in [6, 6.07) is 9.28. The van der Waals surface area contributed by atoms with Crippen molar-refractivity contribution in [3.05, 3.63) is 58.9 Å². The Balaban J connectivity index is 2.16. The van der Waals surface area contributed by atoms with Crippen molar-refractivity contribution in [2.75, 3.05) is 6.54 Å². The fourth-order valence-electron chi connectivity index (χ4n) is 2.97. The minimum Gasteiger partial charge on any atom is -0.350 e. The van der Waals surface area contributed by atoms with E-state index in [0.717, 1.165) is 13.1 Å². The lowest BCUT2D eigenvalue weighted by molar-refractivity contribution is 0.508. The van der Waals surface area contributed by atoms with Crippen molar-refractivity contribution in [3.63, 3.8) is 0 Å². The third-order valence-corrected chi connectivity index (χ3v) is 4.19. The summed E-state index contributed by atoms with van der Waals surface area (Å²) in [6.07, 6.45) is 6.91. The highest BCUT2D eigenvalue weighted by atomic mass is 15.0. The molecule has 0 aliphatic heterocycles. The maximum atomic E-state index is 3.59. The molecule has 0 fully saturated rings. The maximum absolute atomic E-state index is 3.59. The fraction of sp³-hybridized carbons (Fsp3) is 0.474. The van der Waals surface area contributed by atoms with Crippen molar-refractivity contribution in [2.24, 2.45) is 0 Å². The average Bonchev–Trinajstić information content (AvgIpc) is 2.91. The predicted molar refractivity (Wildman–Crippen MR) is 90.8 cm³/mol. The summed E-state index contributed by atoms with van der Waals surface area (Å²) in [7, 11) is 0. The Kier molecular flexibility index (Phi) is 5.63. The van der Waals surface area contributed by atoms with Gasteiger partial charge in [0.2, 0.25) is 0 Å². The van der Waals surface area contributed by atoms with E-state index >= 15 is 0 Å². The number of aryl methyl sites for hydroxylation is 2. The zero-order valence-electron chi connectivity index (χ0n) is 13.8. The molecule has 0 aliphatic carbocycles. The van der Waals surface area contributed by atoms with E-state index in [1.54, 1.807) is 0 Å². The van der Waals surface area contributed by atoms with Gasteiger partial charge >= 0.3 is 0 Å². The van der Waals surface area contributed by atoms with Gasteiger partial charge in [-0.25, -0.2) is 0 Å². The first kappa shape index (κ1) is 15.8. The molecule has 1 unspecified atom stereocenters. The van der Waals surface area contributed by atoms with Crippen LogP contribution in [0.1, 0.15) is 55.0 Å². The lowest BCUT2D eigenvalue weighted by atomic mass is 10.0. The Morgan fingerprint density at radius 1 is 1.10 bits per heavy atom. The number of hydrogen-bond acceptors (Lipinski definition) is 1. The highest BCUT2D eigenvalue weighted by molar-refractivity contribution is 5.34. The third-order valence-electron chi connectivity index (χ3n) is 4.19. The van der Waals surface area contributed by atoms with Gasteiger partial charge in [0, 0.05) is 25.0 Å². The number of hydrogen-bond donors (Lipinski definition) is 1. The highest BCUT2D eigenvalue weighted by Crippen LogP contribution is 2.21. The van der Waals surface area contributed by atoms with Crippen LogP contribution in [0.2, 0.25) is 0 Å². The van der Waals surface area contributed by atoms with Crippen LogP contribution in [0.4, 0.5) is 0 Å². The Labute approximate surface area is 129 Å². The first-order valence-corrected chi connectivity index (χ1v) is 8.09. The van der Waals surface area contributed by atoms with Crippen molar-refractivity contribution in [1.29, 1.82) is 0 Å². The van der Waals surface area contributed by atoms with E-state index in [-0.39, 0.29) is 0 Å². The Morgan fingerprint density at radius 2 is 1.81 bits per heavy atom. The minimum atomic E-state index is 0.485. The molecule has 1 N–H and O–H groups in total. The summed E-state index contributed by atoms with van der Waals surface area (Å²) in [4.78, 5) is 0. The second-order valence-electron chi connectivity index (χ2n) is 5.89. The molecule has 1 aromatic carbocycles. The predicted octanol–water partition coefficient (Wildman–Crippen LogP) is 4.60. The van der Waals surface area contributed by atoms with Crippen LogP contribution >= 0.6 is 0 Å². The summed E-state index contributed by atoms with van der Waals surface area (Å²) in [5, 5.41) is 3.59. The first-order chi connectivity index (χ1) is 10.2. The van der Waals surface area contributed by atoms with Crippen molar-refractivity contribution >= 4 is 0 Å². The zero-order chi connectivity index (χ0) is 15.2. The van der Waals surface area contributed by atoms with Crippen molar-refractivity contribution in [1.82, 2.24) is 9.88 Å². The summed E-state index contributed by atoms with van der Waals surface area (Å²) < 4.78 is 2.31. The van der Waals surface area contributed by atoms with E-state index in [4.69, 9.17) is 0 Å². The molecule has 0 amide bonds. The van der Waals surface area contributed by atoms with E-state index in [2.05, 4.69) is 74.2 Å². The lowest BCUT2D eigenvalue weighted by Crippen LogP contribution is -2.20. The standard InChI is InChI=1S/C19H28N2/c1-5-8-19(20-6-2)17-11-12-21(13-17)14-18-15(3)9-7-10-16(18)4/h7,9-13,19-20H,5-6,8,14H2,1-4H3. The van der Waals surface area contributed by atoms with Crippen LogP contribution in [0.15, 0.2) is 36.7 Å². The Hall–Kier alpha value is -1.54. The summed E-state index contributed by atoms with van der Waals surface area (Å²) >= 11 is 0. The first-order valence-electron chi connectivity index (χ1n) is 8.09. The summed E-state index contributed by atoms with van der Waals surface area (Å²) in [5.74, 6) is 0. The normalized spacial score (nSPS) is 12.6. The molecule has 2 rings (SSSR count). The van der Waals surface area contributed by atoms with Gasteiger partial charge in [0.05, 0.1) is 0 Å². The lowest BCUT2D eigenvalue weighted by Gasteiger charge is -2.16. The van der Waals surface area contributed by atoms with E-state index in [1.165, 1.54) is 35.1 Å². The van der Waals surface area contributed by atoms with Crippen LogP contribution in [0.3, 0.4) is 0 Å². The van der Waals surface area contributed by atoms with Gasteiger partial charge in [-0.1, -0.05) is 38.5 Å². The van der Waals surface area contributed by atoms with Gasteiger partial charge in [0.1, 0.15) is 0 Å². The molecule has 21 heavy (non-hydrogen) atoms. The topological polar surface area (TPSA) is 17.0 Å². The van der Waals surface area contributed by atoms with E-state index in [9.17, 15) is 0 Å². The van der Waals surface area contributed by atoms with Crippen LogP contribution in [-0.2, 0) is 6.54 Å². The Bertz CT molecular complexity index is 542. The van der Waals surface area contributed by atoms with Gasteiger partial charge in [-0.2, -0.15) is 0 Å². The molecular weight excluding hydrogens is 256 g/mol. The maximum Gasteiger partial charge on any atom is 0.0475 e. The zero-order valence-corrected chi connectivity index (χ0v) is 13.8. The van der Waals surface area contributed by atoms with Gasteiger partial charge < -0.3 is 9.88 Å². The van der Waals surface area contributed by atoms with Gasteiger partial charge in [0.15, 0.2) is 0 Å². The molecular formula is C19H28N2. The summed E-state index contributed by atoms with van der Waals surface area (Å²) in [6.45, 7) is 10.8. The molecule has 0 bridgehead atoms. The molecule has 1 heterocycles. The molecule has 0 aliphatic rings. The monoisotopic (exact) mass is 284 g/mol. The number of benzene rings is 1. The average molecular weight is 284 g/mol. The molecule has 0 spiro atoms. The van der Waals surface area contributed by atoms with Crippen molar-refractivity contribution in [3.8, 4) is 0 Å². The van der Waals surface area contributed by atoms with E-state index < -0.39 is 0 Å². The Morgan fingerprint density at radius 3 is 2.43 bits per heavy atom. The smallest absolute Gasteiger partial charge is 0.0475 e. The van der Waals surface area contributed by atoms with Gasteiger partial charge in [0.25, 0.3) is 0 Å². The van der Waals surface area contributed by atoms with Gasteiger partial charge in [-0.15, -0.1) is 0 Å². The fourth-order valence-corrected chi connectivity index (χ4v) is 2.97. The second-order valence-corrected chi connectivity index (χ2v) is 5.89. The molecule has 114 valence electrons. The third kappa shape index (κ3) is 3.98. The number of nitrogens with zero attached hydrogens (tertiary/aromatic N) is 1. The van der Waals surface area contributed by atoms with Crippen molar-refractivity contribution in [2.45, 2.75) is 53.1 Å². The molecule has 2 heteroatoms. The molecule has 2 nitrogen and oxygen atoms in total. The van der Waals surface area contributed by atoms with Crippen LogP contribution in [0.25, 0.3) is 0 Å². The van der Waals surface area contributed by atoms with E-state index in [0.29, 0.717) is 6.04 Å². The van der Waals surface area contributed by atoms with Crippen LogP contribution in [0.5, 0.6) is 0 Å². The quantitative estimate of drug-likeness (QED) is 0.786.